The van der Waals surface area contributed by atoms with Gasteiger partial charge in [-0.1, -0.05) is 36.4 Å². The van der Waals surface area contributed by atoms with Crippen molar-refractivity contribution in [1.82, 2.24) is 19.7 Å². The quantitative estimate of drug-likeness (QED) is 0.615. The van der Waals surface area contributed by atoms with Crippen LogP contribution >= 0.6 is 0 Å². The first-order valence-electron chi connectivity index (χ1n) is 8.93. The highest BCUT2D eigenvalue weighted by Gasteiger charge is 2.26. The van der Waals surface area contributed by atoms with Crippen LogP contribution in [0.1, 0.15) is 29.6 Å². The summed E-state index contributed by atoms with van der Waals surface area (Å²) in [4.78, 5) is 22.1. The van der Waals surface area contributed by atoms with Crippen LogP contribution in [0.25, 0.3) is 27.8 Å². The molecule has 1 aliphatic carbocycles. The molecule has 0 atom stereocenters. The Hall–Kier alpha value is -3.21. The summed E-state index contributed by atoms with van der Waals surface area (Å²) in [6, 6.07) is 16.1. The molecular formula is C21H18N4O. The van der Waals surface area contributed by atoms with Crippen LogP contribution in [0, 0.1) is 0 Å². The molecular weight excluding hydrogens is 324 g/mol. The molecule has 0 bridgehead atoms. The third-order valence-corrected chi connectivity index (χ3v) is 5.14. The summed E-state index contributed by atoms with van der Waals surface area (Å²) in [6.45, 7) is 0. The van der Waals surface area contributed by atoms with E-state index in [0.717, 1.165) is 40.6 Å². The first-order chi connectivity index (χ1) is 12.8. The highest BCUT2D eigenvalue weighted by molar-refractivity contribution is 6.16. The van der Waals surface area contributed by atoms with Crippen LogP contribution in [0.4, 0.5) is 0 Å². The van der Waals surface area contributed by atoms with Gasteiger partial charge in [0.2, 0.25) is 0 Å². The predicted molar refractivity (Wildman–Crippen MR) is 101 cm³/mol. The molecule has 0 saturated heterocycles. The predicted octanol–water partition coefficient (Wildman–Crippen LogP) is 3.83. The summed E-state index contributed by atoms with van der Waals surface area (Å²) >= 11 is 0. The number of hydrogen-bond donors (Lipinski definition) is 1. The molecule has 5 rings (SSSR count). The van der Waals surface area contributed by atoms with Gasteiger partial charge in [0.1, 0.15) is 12.0 Å². The highest BCUT2D eigenvalue weighted by Crippen LogP contribution is 2.33. The van der Waals surface area contributed by atoms with E-state index in [0.29, 0.717) is 5.56 Å². The van der Waals surface area contributed by atoms with Gasteiger partial charge in [0.25, 0.3) is 5.91 Å². The molecule has 0 aliphatic heterocycles. The third-order valence-electron chi connectivity index (χ3n) is 5.14. The maximum atomic E-state index is 13.1. The molecule has 0 unspecified atom stereocenters. The van der Waals surface area contributed by atoms with Crippen LogP contribution in [0.2, 0.25) is 0 Å². The van der Waals surface area contributed by atoms with E-state index in [2.05, 4.69) is 15.3 Å². The van der Waals surface area contributed by atoms with Crippen LogP contribution in [-0.4, -0.2) is 26.3 Å². The monoisotopic (exact) mass is 342 g/mol. The molecule has 5 heteroatoms. The molecule has 4 aromatic rings. The highest BCUT2D eigenvalue weighted by atomic mass is 16.1. The molecule has 1 aromatic carbocycles. The Morgan fingerprint density at radius 1 is 1.04 bits per heavy atom. The largest absolute Gasteiger partial charge is 0.349 e. The molecule has 1 saturated carbocycles. The molecule has 5 nitrogen and oxygen atoms in total. The van der Waals surface area contributed by atoms with Crippen LogP contribution in [0.3, 0.4) is 0 Å². The fraction of sp³-hybridized carbons (Fsp3) is 0.190. The lowest BCUT2D eigenvalue weighted by atomic mass is 9.92. The summed E-state index contributed by atoms with van der Waals surface area (Å²) in [5, 5.41) is 3.98. The van der Waals surface area contributed by atoms with E-state index in [4.69, 9.17) is 0 Å². The van der Waals surface area contributed by atoms with E-state index in [-0.39, 0.29) is 11.9 Å². The maximum absolute atomic E-state index is 13.1. The Morgan fingerprint density at radius 3 is 2.62 bits per heavy atom. The summed E-state index contributed by atoms with van der Waals surface area (Å²) in [5.41, 5.74) is 4.05. The van der Waals surface area contributed by atoms with Gasteiger partial charge in [0.15, 0.2) is 0 Å². The van der Waals surface area contributed by atoms with Crippen LogP contribution in [0.5, 0.6) is 0 Å². The number of carbonyl (C=O) groups excluding carboxylic acids is 1. The summed E-state index contributed by atoms with van der Waals surface area (Å²) in [6.07, 6.45) is 6.80. The van der Waals surface area contributed by atoms with Gasteiger partial charge >= 0.3 is 0 Å². The van der Waals surface area contributed by atoms with Crippen molar-refractivity contribution in [3.05, 3.63) is 66.6 Å². The Balaban J connectivity index is 1.81. The second kappa shape index (κ2) is 5.95. The molecule has 128 valence electrons. The number of amides is 1. The molecule has 1 amide bonds. The zero-order chi connectivity index (χ0) is 17.5. The fourth-order valence-electron chi connectivity index (χ4n) is 3.60. The Kier molecular flexibility index (Phi) is 3.45. The number of rotatable bonds is 3. The standard InChI is InChI=1S/C21H18N4O/c26-21(24-15-9-6-10-15)17-16-11-4-5-12-25(16)20-18(17)19(22-13-23-20)14-7-2-1-3-8-14/h1-5,7-8,11-13,15H,6,9-10H2,(H,24,26). The second-order valence-corrected chi connectivity index (χ2v) is 6.72. The number of benzene rings is 1. The first kappa shape index (κ1) is 15.1. The van der Waals surface area contributed by atoms with Crippen molar-refractivity contribution in [2.24, 2.45) is 0 Å². The number of nitrogens with one attached hydrogen (secondary N) is 1. The number of aromatic nitrogens is 3. The molecule has 1 N–H and O–H groups in total. The number of hydrogen-bond acceptors (Lipinski definition) is 3. The molecule has 3 aromatic heterocycles. The van der Waals surface area contributed by atoms with Gasteiger partial charge < -0.3 is 9.72 Å². The minimum Gasteiger partial charge on any atom is -0.349 e. The average molecular weight is 342 g/mol. The number of fused-ring (bicyclic) bond motifs is 3. The molecule has 0 radical (unpaired) electrons. The summed E-state index contributed by atoms with van der Waals surface area (Å²) in [7, 11) is 0. The van der Waals surface area contributed by atoms with Crippen LogP contribution in [0.15, 0.2) is 61.1 Å². The van der Waals surface area contributed by atoms with Crippen molar-refractivity contribution < 1.29 is 4.79 Å². The molecule has 0 spiro atoms. The van der Waals surface area contributed by atoms with Crippen molar-refractivity contribution in [3.8, 4) is 11.3 Å². The van der Waals surface area contributed by atoms with E-state index in [1.165, 1.54) is 6.42 Å². The van der Waals surface area contributed by atoms with Crippen molar-refractivity contribution in [2.75, 3.05) is 0 Å². The maximum Gasteiger partial charge on any atom is 0.254 e. The van der Waals surface area contributed by atoms with Gasteiger partial charge in [0.05, 0.1) is 22.2 Å². The Morgan fingerprint density at radius 2 is 1.85 bits per heavy atom. The van der Waals surface area contributed by atoms with Gasteiger partial charge in [-0.2, -0.15) is 0 Å². The van der Waals surface area contributed by atoms with Crippen molar-refractivity contribution in [2.45, 2.75) is 25.3 Å². The van der Waals surface area contributed by atoms with E-state index in [1.807, 2.05) is 59.1 Å². The second-order valence-electron chi connectivity index (χ2n) is 6.72. The van der Waals surface area contributed by atoms with E-state index < -0.39 is 0 Å². The van der Waals surface area contributed by atoms with Gasteiger partial charge in [0, 0.05) is 17.8 Å². The zero-order valence-electron chi connectivity index (χ0n) is 14.2. The lowest BCUT2D eigenvalue weighted by Gasteiger charge is -2.26. The molecule has 26 heavy (non-hydrogen) atoms. The zero-order valence-corrected chi connectivity index (χ0v) is 14.2. The van der Waals surface area contributed by atoms with Crippen molar-refractivity contribution in [3.63, 3.8) is 0 Å². The molecule has 1 fully saturated rings. The average Bonchev–Trinajstić information content (AvgIpc) is 3.00. The van der Waals surface area contributed by atoms with Gasteiger partial charge in [-0.25, -0.2) is 9.97 Å². The molecule has 1 aliphatic rings. The number of nitrogens with zero attached hydrogens (tertiary/aromatic N) is 3. The van der Waals surface area contributed by atoms with Crippen molar-refractivity contribution in [1.29, 1.82) is 0 Å². The Labute approximate surface area is 150 Å². The van der Waals surface area contributed by atoms with Crippen molar-refractivity contribution >= 4 is 22.5 Å². The van der Waals surface area contributed by atoms with Crippen LogP contribution < -0.4 is 5.32 Å². The van der Waals surface area contributed by atoms with E-state index in [9.17, 15) is 4.79 Å². The minimum absolute atomic E-state index is 0.0413. The lowest BCUT2D eigenvalue weighted by molar-refractivity contribution is 0.0920. The minimum atomic E-state index is -0.0413. The summed E-state index contributed by atoms with van der Waals surface area (Å²) < 4.78 is 1.97. The normalized spacial score (nSPS) is 14.5. The number of pyridine rings is 1. The Bertz CT molecular complexity index is 1110. The SMILES string of the molecule is O=C(NC1CCC1)c1c2c(-c3ccccc3)ncnc2n2ccccc12. The van der Waals surface area contributed by atoms with Gasteiger partial charge in [-0.15, -0.1) is 0 Å². The van der Waals surface area contributed by atoms with E-state index >= 15 is 0 Å². The van der Waals surface area contributed by atoms with Gasteiger partial charge in [-0.3, -0.25) is 4.79 Å². The van der Waals surface area contributed by atoms with Crippen LogP contribution in [-0.2, 0) is 0 Å². The molecule has 3 heterocycles. The van der Waals surface area contributed by atoms with Gasteiger partial charge in [-0.05, 0) is 31.4 Å². The third kappa shape index (κ3) is 2.28. The van der Waals surface area contributed by atoms with E-state index in [1.54, 1.807) is 6.33 Å². The topological polar surface area (TPSA) is 59.3 Å². The number of carbonyl (C=O) groups is 1. The smallest absolute Gasteiger partial charge is 0.254 e. The first-order valence-corrected chi connectivity index (χ1v) is 8.93. The summed E-state index contributed by atoms with van der Waals surface area (Å²) in [5.74, 6) is -0.0413. The fourth-order valence-corrected chi connectivity index (χ4v) is 3.60. The lowest BCUT2D eigenvalue weighted by Crippen LogP contribution is -2.39.